The summed E-state index contributed by atoms with van der Waals surface area (Å²) in [4.78, 5) is 32.8. The van der Waals surface area contributed by atoms with Gasteiger partial charge in [-0.3, -0.25) is 9.59 Å². The summed E-state index contributed by atoms with van der Waals surface area (Å²) in [5.74, 6) is 0.818. The fourth-order valence-corrected chi connectivity index (χ4v) is 3.11. The summed E-state index contributed by atoms with van der Waals surface area (Å²) in [5.41, 5.74) is 1.27. The average Bonchev–Trinajstić information content (AvgIpc) is 3.14. The molecule has 0 aliphatic rings. The number of benzene rings is 1. The molecule has 2 heterocycles. The van der Waals surface area contributed by atoms with Gasteiger partial charge >= 0.3 is 0 Å². The molecule has 0 atom stereocenters. The number of likely N-dealkylation sites (N-methyl/N-ethyl adjacent to an activating group) is 1. The van der Waals surface area contributed by atoms with E-state index in [0.717, 1.165) is 5.56 Å². The van der Waals surface area contributed by atoms with E-state index in [2.05, 4.69) is 9.97 Å². The third kappa shape index (κ3) is 4.59. The molecule has 1 aromatic carbocycles. The number of ether oxygens (including phenoxy) is 1. The molecule has 0 radical (unpaired) electrons. The summed E-state index contributed by atoms with van der Waals surface area (Å²) >= 11 is 1.34. The van der Waals surface area contributed by atoms with E-state index in [-0.39, 0.29) is 24.6 Å². The lowest BCUT2D eigenvalue weighted by atomic mass is 10.2. The van der Waals surface area contributed by atoms with Gasteiger partial charge in [0.2, 0.25) is 5.91 Å². The first-order valence-corrected chi connectivity index (χ1v) is 8.94. The molecule has 0 saturated heterocycles. The minimum absolute atomic E-state index is 0.00817. The number of aromatic nitrogens is 2. The van der Waals surface area contributed by atoms with E-state index < -0.39 is 0 Å². The molecule has 0 unspecified atom stereocenters. The molecule has 3 aromatic rings. The van der Waals surface area contributed by atoms with Crippen LogP contribution in [0.2, 0.25) is 0 Å². The lowest BCUT2D eigenvalue weighted by Crippen LogP contribution is -2.26. The lowest BCUT2D eigenvalue weighted by molar-refractivity contribution is -0.125. The van der Waals surface area contributed by atoms with Gasteiger partial charge in [-0.25, -0.2) is 4.98 Å². The summed E-state index contributed by atoms with van der Waals surface area (Å²) in [6, 6.07) is 10.7. The number of nitriles is 1. The summed E-state index contributed by atoms with van der Waals surface area (Å²) in [7, 11) is 1.64. The molecule has 3 rings (SSSR count). The van der Waals surface area contributed by atoms with Crippen molar-refractivity contribution in [1.82, 2.24) is 14.9 Å². The normalized spacial score (nSPS) is 10.8. The number of hydrogen-bond donors (Lipinski definition) is 1. The van der Waals surface area contributed by atoms with Crippen molar-refractivity contribution in [3.8, 4) is 11.8 Å². The number of amides is 1. The molecule has 0 fully saturated rings. The SMILES string of the molecule is CN(Cc1nc2ccsc2c(=O)[nH]1)C(=O)/C=C/c1ccc(OCC#N)cc1. The molecule has 0 saturated carbocycles. The quantitative estimate of drug-likeness (QED) is 0.663. The molecule has 1 N–H and O–H groups in total. The Hall–Kier alpha value is -3.44. The van der Waals surface area contributed by atoms with Crippen LogP contribution in [0.4, 0.5) is 0 Å². The van der Waals surface area contributed by atoms with Crippen molar-refractivity contribution in [2.75, 3.05) is 13.7 Å². The molecule has 0 spiro atoms. The molecule has 136 valence electrons. The van der Waals surface area contributed by atoms with E-state index in [4.69, 9.17) is 10.00 Å². The number of fused-ring (bicyclic) bond motifs is 1. The molecule has 8 heteroatoms. The van der Waals surface area contributed by atoms with Crippen molar-refractivity contribution >= 4 is 33.5 Å². The van der Waals surface area contributed by atoms with Crippen LogP contribution in [-0.4, -0.2) is 34.4 Å². The van der Waals surface area contributed by atoms with Gasteiger partial charge in [0.15, 0.2) is 6.61 Å². The van der Waals surface area contributed by atoms with Gasteiger partial charge in [0.25, 0.3) is 5.56 Å². The predicted octanol–water partition coefficient (Wildman–Crippen LogP) is 2.56. The van der Waals surface area contributed by atoms with Crippen LogP contribution in [0.25, 0.3) is 16.3 Å². The number of carbonyl (C=O) groups is 1. The van der Waals surface area contributed by atoms with Crippen LogP contribution in [0.5, 0.6) is 5.75 Å². The molecule has 0 aliphatic heterocycles. The first kappa shape index (κ1) is 18.4. The number of H-pyrrole nitrogens is 1. The Morgan fingerprint density at radius 2 is 2.15 bits per heavy atom. The highest BCUT2D eigenvalue weighted by molar-refractivity contribution is 7.17. The maximum Gasteiger partial charge on any atom is 0.268 e. The Labute approximate surface area is 159 Å². The van der Waals surface area contributed by atoms with Gasteiger partial charge < -0.3 is 14.6 Å². The number of hydrogen-bond acceptors (Lipinski definition) is 6. The molecule has 1 amide bonds. The largest absolute Gasteiger partial charge is 0.479 e. The van der Waals surface area contributed by atoms with Gasteiger partial charge in [0.1, 0.15) is 22.3 Å². The van der Waals surface area contributed by atoms with Crippen LogP contribution in [-0.2, 0) is 11.3 Å². The van der Waals surface area contributed by atoms with Crippen LogP contribution in [0.3, 0.4) is 0 Å². The van der Waals surface area contributed by atoms with E-state index >= 15 is 0 Å². The second kappa shape index (κ2) is 8.29. The Balaban J connectivity index is 1.63. The van der Waals surface area contributed by atoms with Crippen molar-refractivity contribution in [1.29, 1.82) is 5.26 Å². The van der Waals surface area contributed by atoms with Gasteiger partial charge in [-0.15, -0.1) is 11.3 Å². The monoisotopic (exact) mass is 380 g/mol. The third-order valence-electron chi connectivity index (χ3n) is 3.73. The zero-order valence-corrected chi connectivity index (χ0v) is 15.3. The first-order valence-electron chi connectivity index (χ1n) is 8.06. The zero-order chi connectivity index (χ0) is 19.2. The smallest absolute Gasteiger partial charge is 0.268 e. The van der Waals surface area contributed by atoms with E-state index in [1.807, 2.05) is 11.4 Å². The van der Waals surface area contributed by atoms with Crippen molar-refractivity contribution < 1.29 is 9.53 Å². The summed E-state index contributed by atoms with van der Waals surface area (Å²) in [5, 5.41) is 10.3. The van der Waals surface area contributed by atoms with Crippen LogP contribution in [0, 0.1) is 11.3 Å². The summed E-state index contributed by atoms with van der Waals surface area (Å²) in [6.45, 7) is 0.191. The number of nitrogens with zero attached hydrogens (tertiary/aromatic N) is 3. The average molecular weight is 380 g/mol. The highest BCUT2D eigenvalue weighted by atomic mass is 32.1. The van der Waals surface area contributed by atoms with Gasteiger partial charge in [-0.2, -0.15) is 5.26 Å². The molecule has 27 heavy (non-hydrogen) atoms. The third-order valence-corrected chi connectivity index (χ3v) is 4.63. The van der Waals surface area contributed by atoms with Crippen LogP contribution < -0.4 is 10.3 Å². The van der Waals surface area contributed by atoms with Gasteiger partial charge in [-0.05, 0) is 35.2 Å². The van der Waals surface area contributed by atoms with E-state index in [1.54, 1.807) is 43.5 Å². The number of aromatic amines is 1. The summed E-state index contributed by atoms with van der Waals surface area (Å²) in [6.07, 6.45) is 3.14. The predicted molar refractivity (Wildman–Crippen MR) is 103 cm³/mol. The van der Waals surface area contributed by atoms with Crippen molar-refractivity contribution in [2.45, 2.75) is 6.54 Å². The number of thiophene rings is 1. The Morgan fingerprint density at radius 3 is 2.89 bits per heavy atom. The fourth-order valence-electron chi connectivity index (χ4n) is 2.38. The Bertz CT molecular complexity index is 1080. The number of nitrogens with one attached hydrogen (secondary N) is 1. The van der Waals surface area contributed by atoms with Crippen LogP contribution >= 0.6 is 11.3 Å². The van der Waals surface area contributed by atoms with Gasteiger partial charge in [-0.1, -0.05) is 12.1 Å². The molecule has 2 aromatic heterocycles. The second-order valence-electron chi connectivity index (χ2n) is 5.69. The maximum atomic E-state index is 12.3. The minimum Gasteiger partial charge on any atom is -0.479 e. The Kier molecular flexibility index (Phi) is 5.64. The maximum absolute atomic E-state index is 12.3. The second-order valence-corrected chi connectivity index (χ2v) is 6.61. The van der Waals surface area contributed by atoms with Crippen LogP contribution in [0.1, 0.15) is 11.4 Å². The topological polar surface area (TPSA) is 99.1 Å². The first-order chi connectivity index (χ1) is 13.1. The molecular weight excluding hydrogens is 364 g/mol. The fraction of sp³-hybridized carbons (Fsp3) is 0.158. The van der Waals surface area contributed by atoms with Crippen molar-refractivity contribution in [3.05, 3.63) is 63.5 Å². The minimum atomic E-state index is -0.215. The standard InChI is InChI=1S/C19H16N4O3S/c1-23(12-16-21-15-8-11-27-18(15)19(25)22-16)17(24)7-4-13-2-5-14(6-3-13)26-10-9-20/h2-8,11H,10,12H2,1H3,(H,21,22,25)/b7-4+. The van der Waals surface area contributed by atoms with Crippen molar-refractivity contribution in [3.63, 3.8) is 0 Å². The van der Waals surface area contributed by atoms with E-state index in [9.17, 15) is 9.59 Å². The number of rotatable bonds is 6. The summed E-state index contributed by atoms with van der Waals surface area (Å²) < 4.78 is 5.76. The van der Waals surface area contributed by atoms with E-state index in [1.165, 1.54) is 22.3 Å². The molecule has 0 aliphatic carbocycles. The highest BCUT2D eigenvalue weighted by Crippen LogP contribution is 2.15. The molecular formula is C19H16N4O3S. The zero-order valence-electron chi connectivity index (χ0n) is 14.5. The molecule has 7 nitrogen and oxygen atoms in total. The van der Waals surface area contributed by atoms with Gasteiger partial charge in [0.05, 0.1) is 12.1 Å². The van der Waals surface area contributed by atoms with Crippen LogP contribution in [0.15, 0.2) is 46.6 Å². The van der Waals surface area contributed by atoms with Gasteiger partial charge in [0, 0.05) is 13.1 Å². The van der Waals surface area contributed by atoms with E-state index in [0.29, 0.717) is 21.8 Å². The lowest BCUT2D eigenvalue weighted by Gasteiger charge is -2.14. The molecule has 0 bridgehead atoms. The number of carbonyl (C=O) groups excluding carboxylic acids is 1. The highest BCUT2D eigenvalue weighted by Gasteiger charge is 2.10. The Morgan fingerprint density at radius 1 is 1.37 bits per heavy atom. The van der Waals surface area contributed by atoms with Crippen molar-refractivity contribution in [2.24, 2.45) is 0 Å².